The summed E-state index contributed by atoms with van der Waals surface area (Å²) in [5, 5.41) is 9.16. The second kappa shape index (κ2) is 7.89. The van der Waals surface area contributed by atoms with E-state index in [0.717, 1.165) is 17.7 Å². The van der Waals surface area contributed by atoms with Crippen LogP contribution in [-0.2, 0) is 27.8 Å². The molecule has 1 aromatic heterocycles. The first-order valence-electron chi connectivity index (χ1n) is 7.33. The molecular weight excluding hydrogens is 316 g/mol. The van der Waals surface area contributed by atoms with Crippen molar-refractivity contribution < 1.29 is 13.2 Å². The Morgan fingerprint density at radius 2 is 2.04 bits per heavy atom. The molecule has 0 aliphatic carbocycles. The number of nitrogens with one attached hydrogen (secondary N) is 3. The first-order valence-corrected chi connectivity index (χ1v) is 8.99. The van der Waals surface area contributed by atoms with Gasteiger partial charge in [-0.25, -0.2) is 13.1 Å². The van der Waals surface area contributed by atoms with Gasteiger partial charge in [0, 0.05) is 18.3 Å². The maximum atomic E-state index is 11.9. The molecule has 0 atom stereocenters. The maximum absolute atomic E-state index is 11.9. The molecule has 0 aliphatic rings. The Morgan fingerprint density at radius 3 is 2.74 bits per heavy atom. The van der Waals surface area contributed by atoms with E-state index in [1.165, 1.54) is 0 Å². The third-order valence-corrected chi connectivity index (χ3v) is 4.64. The van der Waals surface area contributed by atoms with Crippen molar-refractivity contribution in [3.05, 3.63) is 47.8 Å². The molecule has 0 saturated heterocycles. The predicted molar refractivity (Wildman–Crippen MR) is 88.3 cm³/mol. The van der Waals surface area contributed by atoms with Crippen LogP contribution in [0, 0.1) is 0 Å². The lowest BCUT2D eigenvalue weighted by Gasteiger charge is -2.10. The third-order valence-electron chi connectivity index (χ3n) is 3.31. The second-order valence-corrected chi connectivity index (χ2v) is 6.96. The van der Waals surface area contributed by atoms with Crippen molar-refractivity contribution in [2.75, 3.05) is 11.1 Å². The summed E-state index contributed by atoms with van der Waals surface area (Å²) in [4.78, 5) is 11.9. The molecule has 1 amide bonds. The first-order chi connectivity index (χ1) is 11.0. The lowest BCUT2D eigenvalue weighted by atomic mass is 10.1. The van der Waals surface area contributed by atoms with Crippen molar-refractivity contribution in [2.24, 2.45) is 0 Å². The molecule has 0 aliphatic heterocycles. The minimum Gasteiger partial charge on any atom is -0.326 e. The van der Waals surface area contributed by atoms with E-state index in [1.807, 2.05) is 31.2 Å². The van der Waals surface area contributed by atoms with E-state index in [2.05, 4.69) is 20.2 Å². The van der Waals surface area contributed by atoms with Gasteiger partial charge < -0.3 is 5.32 Å². The minimum atomic E-state index is -3.52. The topological polar surface area (TPSA) is 104 Å². The fraction of sp³-hybridized carbons (Fsp3) is 0.333. The average Bonchev–Trinajstić information content (AvgIpc) is 3.05. The summed E-state index contributed by atoms with van der Waals surface area (Å²) in [6.45, 7) is 2.12. The summed E-state index contributed by atoms with van der Waals surface area (Å²) in [7, 11) is -3.52. The van der Waals surface area contributed by atoms with Gasteiger partial charge in [-0.2, -0.15) is 5.10 Å². The zero-order valence-corrected chi connectivity index (χ0v) is 13.7. The molecule has 7 nitrogen and oxygen atoms in total. The molecular formula is C15H20N4O3S. The number of hydrogen-bond donors (Lipinski definition) is 3. The maximum Gasteiger partial charge on any atom is 0.225 e. The van der Waals surface area contributed by atoms with Gasteiger partial charge in [-0.1, -0.05) is 25.1 Å². The monoisotopic (exact) mass is 336 g/mol. The Balaban J connectivity index is 1.83. The molecule has 3 N–H and O–H groups in total. The first kappa shape index (κ1) is 17.2. The van der Waals surface area contributed by atoms with Crippen molar-refractivity contribution in [1.29, 1.82) is 0 Å². The number of carbonyl (C=O) groups excluding carboxylic acids is 1. The molecule has 2 rings (SSSR count). The van der Waals surface area contributed by atoms with E-state index in [4.69, 9.17) is 0 Å². The standard InChI is InChI=1S/C15H20N4O3S/c1-2-12-5-3-4-6-14(12)18-15(20)8-10-23(21,22)17-11-13-7-9-16-19-13/h3-7,9,17H,2,8,10-11H2,1H3,(H,16,19)(H,18,20). The number of hydrogen-bond acceptors (Lipinski definition) is 4. The number of aromatic nitrogens is 2. The second-order valence-electron chi connectivity index (χ2n) is 5.03. The number of carbonyl (C=O) groups is 1. The van der Waals surface area contributed by atoms with Crippen LogP contribution in [-0.4, -0.2) is 30.3 Å². The van der Waals surface area contributed by atoms with Crippen LogP contribution >= 0.6 is 0 Å². The molecule has 0 bridgehead atoms. The molecule has 1 heterocycles. The highest BCUT2D eigenvalue weighted by atomic mass is 32.2. The number of aryl methyl sites for hydroxylation is 1. The number of anilines is 1. The van der Waals surface area contributed by atoms with Crippen LogP contribution in [0.15, 0.2) is 36.5 Å². The normalized spacial score (nSPS) is 11.3. The van der Waals surface area contributed by atoms with E-state index >= 15 is 0 Å². The summed E-state index contributed by atoms with van der Waals surface area (Å²) in [5.74, 6) is -0.584. The fourth-order valence-corrected chi connectivity index (χ4v) is 3.01. The zero-order valence-electron chi connectivity index (χ0n) is 12.9. The zero-order chi connectivity index (χ0) is 16.7. The molecule has 2 aromatic rings. The minimum absolute atomic E-state index is 0.101. The highest BCUT2D eigenvalue weighted by Gasteiger charge is 2.14. The van der Waals surface area contributed by atoms with Crippen LogP contribution < -0.4 is 10.0 Å². The highest BCUT2D eigenvalue weighted by molar-refractivity contribution is 7.89. The highest BCUT2D eigenvalue weighted by Crippen LogP contribution is 2.15. The number of benzene rings is 1. The van der Waals surface area contributed by atoms with Gasteiger partial charge in [0.05, 0.1) is 18.0 Å². The van der Waals surface area contributed by atoms with Crippen LogP contribution in [0.3, 0.4) is 0 Å². The summed E-state index contributed by atoms with van der Waals surface area (Å²) in [6, 6.07) is 9.15. The largest absolute Gasteiger partial charge is 0.326 e. The summed E-state index contributed by atoms with van der Waals surface area (Å²) >= 11 is 0. The molecule has 0 saturated carbocycles. The van der Waals surface area contributed by atoms with Gasteiger partial charge in [-0.15, -0.1) is 0 Å². The van der Waals surface area contributed by atoms with Crippen molar-refractivity contribution >= 4 is 21.6 Å². The van der Waals surface area contributed by atoms with Gasteiger partial charge >= 0.3 is 0 Å². The number of amides is 1. The van der Waals surface area contributed by atoms with Gasteiger partial charge in [0.25, 0.3) is 0 Å². The van der Waals surface area contributed by atoms with Crippen LogP contribution in [0.4, 0.5) is 5.69 Å². The third kappa shape index (κ3) is 5.50. The van der Waals surface area contributed by atoms with Crippen LogP contribution in [0.5, 0.6) is 0 Å². The van der Waals surface area contributed by atoms with Crippen molar-refractivity contribution in [1.82, 2.24) is 14.9 Å². The number of nitrogens with zero attached hydrogens (tertiary/aromatic N) is 1. The Hall–Kier alpha value is -2.19. The Bertz CT molecular complexity index is 742. The number of H-pyrrole nitrogens is 1. The lowest BCUT2D eigenvalue weighted by molar-refractivity contribution is -0.115. The lowest BCUT2D eigenvalue weighted by Crippen LogP contribution is -2.28. The Morgan fingerprint density at radius 1 is 1.26 bits per heavy atom. The molecule has 23 heavy (non-hydrogen) atoms. The van der Waals surface area contributed by atoms with Crippen molar-refractivity contribution in [3.63, 3.8) is 0 Å². The average molecular weight is 336 g/mol. The SMILES string of the molecule is CCc1ccccc1NC(=O)CCS(=O)(=O)NCc1ccn[nH]1. The number of sulfonamides is 1. The number of aromatic amines is 1. The van der Waals surface area contributed by atoms with Crippen LogP contribution in [0.25, 0.3) is 0 Å². The van der Waals surface area contributed by atoms with Crippen molar-refractivity contribution in [2.45, 2.75) is 26.3 Å². The van der Waals surface area contributed by atoms with Gasteiger partial charge in [-0.05, 0) is 24.1 Å². The van der Waals surface area contributed by atoms with Crippen molar-refractivity contribution in [3.8, 4) is 0 Å². The van der Waals surface area contributed by atoms with E-state index < -0.39 is 10.0 Å². The molecule has 124 valence electrons. The quantitative estimate of drug-likeness (QED) is 0.678. The van der Waals surface area contributed by atoms with Gasteiger partial charge in [0.2, 0.25) is 15.9 Å². The van der Waals surface area contributed by atoms with E-state index in [-0.39, 0.29) is 24.6 Å². The van der Waals surface area contributed by atoms with E-state index in [1.54, 1.807) is 12.3 Å². The molecule has 0 fully saturated rings. The summed E-state index contributed by atoms with van der Waals surface area (Å²) in [5.41, 5.74) is 2.40. The van der Waals surface area contributed by atoms with Crippen LogP contribution in [0.2, 0.25) is 0 Å². The fourth-order valence-electron chi connectivity index (χ4n) is 2.03. The Kier molecular flexibility index (Phi) is 5.89. The Labute approximate surface area is 135 Å². The smallest absolute Gasteiger partial charge is 0.225 e. The summed E-state index contributed by atoms with van der Waals surface area (Å²) in [6.07, 6.45) is 2.24. The van der Waals surface area contributed by atoms with Gasteiger partial charge in [0.1, 0.15) is 0 Å². The molecule has 0 spiro atoms. The van der Waals surface area contributed by atoms with E-state index in [9.17, 15) is 13.2 Å². The molecule has 0 unspecified atom stereocenters. The molecule has 0 radical (unpaired) electrons. The molecule has 1 aromatic carbocycles. The number of para-hydroxylation sites is 1. The molecule has 8 heteroatoms. The van der Waals surface area contributed by atoms with Gasteiger partial charge in [-0.3, -0.25) is 9.89 Å². The van der Waals surface area contributed by atoms with Gasteiger partial charge in [0.15, 0.2) is 0 Å². The van der Waals surface area contributed by atoms with Crippen LogP contribution in [0.1, 0.15) is 24.6 Å². The summed E-state index contributed by atoms with van der Waals surface area (Å²) < 4.78 is 26.2. The number of rotatable bonds is 8. The predicted octanol–water partition coefficient (Wildman–Crippen LogP) is 1.42. The van der Waals surface area contributed by atoms with E-state index in [0.29, 0.717) is 5.69 Å².